The van der Waals surface area contributed by atoms with Gasteiger partial charge in [-0.15, -0.1) is 0 Å². The first-order valence-corrected chi connectivity index (χ1v) is 4.43. The first kappa shape index (κ1) is 10.1. The average molecular weight is 179 g/mol. The van der Waals surface area contributed by atoms with Gasteiger partial charge in [0, 0.05) is 20.1 Å². The van der Waals surface area contributed by atoms with Crippen LogP contribution >= 0.6 is 0 Å². The monoisotopic (exact) mass is 179 g/mol. The number of benzene rings is 1. The number of rotatable bonds is 5. The Morgan fingerprint density at radius 1 is 1.38 bits per heavy atom. The van der Waals surface area contributed by atoms with Crippen molar-refractivity contribution < 1.29 is 9.47 Å². The second kappa shape index (κ2) is 5.60. The van der Waals surface area contributed by atoms with Gasteiger partial charge < -0.3 is 9.47 Å². The SMILES string of the molecule is COCCCOc1c[c]ccc1C. The Balaban J connectivity index is 2.32. The van der Waals surface area contributed by atoms with E-state index in [0.29, 0.717) is 6.61 Å². The molecule has 0 saturated heterocycles. The number of methoxy groups -OCH3 is 1. The van der Waals surface area contributed by atoms with Crippen LogP contribution in [0.3, 0.4) is 0 Å². The molecule has 2 nitrogen and oxygen atoms in total. The van der Waals surface area contributed by atoms with Crippen molar-refractivity contribution in [3.05, 3.63) is 29.8 Å². The third-order valence-electron chi connectivity index (χ3n) is 1.78. The van der Waals surface area contributed by atoms with Crippen molar-refractivity contribution in [2.45, 2.75) is 13.3 Å². The summed E-state index contributed by atoms with van der Waals surface area (Å²) in [6.45, 7) is 3.47. The molecule has 0 aliphatic rings. The topological polar surface area (TPSA) is 18.5 Å². The lowest BCUT2D eigenvalue weighted by molar-refractivity contribution is 0.172. The van der Waals surface area contributed by atoms with Crippen LogP contribution in [0, 0.1) is 13.0 Å². The fourth-order valence-electron chi connectivity index (χ4n) is 1.03. The van der Waals surface area contributed by atoms with Crippen molar-refractivity contribution in [3.63, 3.8) is 0 Å². The number of ether oxygens (including phenoxy) is 2. The third-order valence-corrected chi connectivity index (χ3v) is 1.78. The molecule has 1 aromatic rings. The van der Waals surface area contributed by atoms with Crippen molar-refractivity contribution in [2.24, 2.45) is 0 Å². The minimum Gasteiger partial charge on any atom is -0.493 e. The Morgan fingerprint density at radius 3 is 2.92 bits per heavy atom. The predicted molar refractivity (Wildman–Crippen MR) is 52.0 cm³/mol. The Bertz CT molecular complexity index is 246. The van der Waals surface area contributed by atoms with E-state index in [4.69, 9.17) is 9.47 Å². The minimum absolute atomic E-state index is 0.701. The van der Waals surface area contributed by atoms with Crippen LogP contribution in [0.2, 0.25) is 0 Å². The van der Waals surface area contributed by atoms with Gasteiger partial charge in [-0.1, -0.05) is 12.1 Å². The van der Waals surface area contributed by atoms with Crippen LogP contribution < -0.4 is 4.74 Å². The maximum atomic E-state index is 5.53. The Hall–Kier alpha value is -1.02. The molecule has 0 saturated carbocycles. The Labute approximate surface area is 79.5 Å². The highest BCUT2D eigenvalue weighted by Gasteiger charge is 1.96. The molecular formula is C11H15O2. The molecule has 0 spiro atoms. The summed E-state index contributed by atoms with van der Waals surface area (Å²) in [6, 6.07) is 8.73. The highest BCUT2D eigenvalue weighted by molar-refractivity contribution is 5.30. The highest BCUT2D eigenvalue weighted by atomic mass is 16.5. The van der Waals surface area contributed by atoms with Gasteiger partial charge in [0.1, 0.15) is 5.75 Å². The molecule has 0 amide bonds. The van der Waals surface area contributed by atoms with Gasteiger partial charge >= 0.3 is 0 Å². The summed E-state index contributed by atoms with van der Waals surface area (Å²) in [5, 5.41) is 0. The molecule has 1 aromatic carbocycles. The summed E-state index contributed by atoms with van der Waals surface area (Å²) in [5.41, 5.74) is 1.15. The molecule has 2 heteroatoms. The molecular weight excluding hydrogens is 164 g/mol. The predicted octanol–water partition coefficient (Wildman–Crippen LogP) is 2.21. The highest BCUT2D eigenvalue weighted by Crippen LogP contribution is 2.15. The van der Waals surface area contributed by atoms with Crippen molar-refractivity contribution >= 4 is 0 Å². The van der Waals surface area contributed by atoms with E-state index in [9.17, 15) is 0 Å². The molecule has 0 unspecified atom stereocenters. The molecule has 0 atom stereocenters. The van der Waals surface area contributed by atoms with Crippen LogP contribution in [0.4, 0.5) is 0 Å². The zero-order valence-electron chi connectivity index (χ0n) is 8.17. The summed E-state index contributed by atoms with van der Waals surface area (Å²) in [6.07, 6.45) is 0.921. The lowest BCUT2D eigenvalue weighted by Crippen LogP contribution is -2.02. The molecule has 0 aliphatic heterocycles. The van der Waals surface area contributed by atoms with E-state index >= 15 is 0 Å². The molecule has 0 fully saturated rings. The molecule has 0 aromatic heterocycles. The fraction of sp³-hybridized carbons (Fsp3) is 0.455. The van der Waals surface area contributed by atoms with Crippen molar-refractivity contribution in [3.8, 4) is 5.75 Å². The standard InChI is InChI=1S/C11H15O2/c1-10-6-3-4-7-11(10)13-9-5-8-12-2/h3,6-7H,5,8-9H2,1-2H3. The summed E-state index contributed by atoms with van der Waals surface area (Å²) in [7, 11) is 1.70. The van der Waals surface area contributed by atoms with Gasteiger partial charge in [-0.3, -0.25) is 0 Å². The van der Waals surface area contributed by atoms with Crippen LogP contribution in [0.5, 0.6) is 5.75 Å². The Morgan fingerprint density at radius 2 is 2.23 bits per heavy atom. The zero-order valence-corrected chi connectivity index (χ0v) is 8.17. The van der Waals surface area contributed by atoms with Gasteiger partial charge in [0.05, 0.1) is 6.61 Å². The van der Waals surface area contributed by atoms with Crippen molar-refractivity contribution in [2.75, 3.05) is 20.3 Å². The largest absolute Gasteiger partial charge is 0.493 e. The second-order valence-corrected chi connectivity index (χ2v) is 2.89. The van der Waals surface area contributed by atoms with Gasteiger partial charge in [0.25, 0.3) is 0 Å². The number of aryl methyl sites for hydroxylation is 1. The lowest BCUT2D eigenvalue weighted by atomic mass is 10.2. The molecule has 71 valence electrons. The van der Waals surface area contributed by atoms with Gasteiger partial charge in [0.2, 0.25) is 0 Å². The normalized spacial score (nSPS) is 10.0. The first-order valence-electron chi connectivity index (χ1n) is 4.43. The van der Waals surface area contributed by atoms with E-state index in [1.54, 1.807) is 7.11 Å². The molecule has 1 radical (unpaired) electrons. The molecule has 13 heavy (non-hydrogen) atoms. The van der Waals surface area contributed by atoms with Gasteiger partial charge in [0.15, 0.2) is 0 Å². The number of hydrogen-bond donors (Lipinski definition) is 0. The summed E-state index contributed by atoms with van der Waals surface area (Å²) in [4.78, 5) is 0. The maximum absolute atomic E-state index is 5.53. The van der Waals surface area contributed by atoms with Crippen molar-refractivity contribution in [1.29, 1.82) is 0 Å². The number of hydrogen-bond acceptors (Lipinski definition) is 2. The third kappa shape index (κ3) is 3.47. The molecule has 0 bridgehead atoms. The Kier molecular flexibility index (Phi) is 4.33. The molecule has 0 N–H and O–H groups in total. The summed E-state index contributed by atoms with van der Waals surface area (Å²) in [5.74, 6) is 0.915. The van der Waals surface area contributed by atoms with E-state index < -0.39 is 0 Å². The summed E-state index contributed by atoms with van der Waals surface area (Å²) >= 11 is 0. The van der Waals surface area contributed by atoms with Crippen LogP contribution in [0.15, 0.2) is 18.2 Å². The van der Waals surface area contributed by atoms with E-state index in [-0.39, 0.29) is 0 Å². The summed E-state index contributed by atoms with van der Waals surface area (Å²) < 4.78 is 10.4. The van der Waals surface area contributed by atoms with Gasteiger partial charge in [-0.05, 0) is 24.6 Å². The second-order valence-electron chi connectivity index (χ2n) is 2.89. The average Bonchev–Trinajstić information content (AvgIpc) is 2.15. The molecule has 0 heterocycles. The van der Waals surface area contributed by atoms with Gasteiger partial charge in [-0.2, -0.15) is 0 Å². The van der Waals surface area contributed by atoms with Crippen LogP contribution in [-0.2, 0) is 4.74 Å². The quantitative estimate of drug-likeness (QED) is 0.645. The van der Waals surface area contributed by atoms with Crippen molar-refractivity contribution in [1.82, 2.24) is 0 Å². The van der Waals surface area contributed by atoms with Crippen LogP contribution in [-0.4, -0.2) is 20.3 Å². The fourth-order valence-corrected chi connectivity index (χ4v) is 1.03. The van der Waals surface area contributed by atoms with E-state index in [0.717, 1.165) is 24.3 Å². The minimum atomic E-state index is 0.701. The molecule has 1 rings (SSSR count). The van der Waals surface area contributed by atoms with Crippen LogP contribution in [0.25, 0.3) is 0 Å². The lowest BCUT2D eigenvalue weighted by Gasteiger charge is -2.07. The maximum Gasteiger partial charge on any atom is 0.122 e. The van der Waals surface area contributed by atoms with E-state index in [2.05, 4.69) is 6.07 Å². The van der Waals surface area contributed by atoms with E-state index in [1.165, 1.54) is 0 Å². The van der Waals surface area contributed by atoms with Gasteiger partial charge in [-0.25, -0.2) is 0 Å². The smallest absolute Gasteiger partial charge is 0.122 e. The first-order chi connectivity index (χ1) is 6.34. The molecule has 0 aliphatic carbocycles. The van der Waals surface area contributed by atoms with Crippen LogP contribution in [0.1, 0.15) is 12.0 Å². The zero-order chi connectivity index (χ0) is 9.52. The van der Waals surface area contributed by atoms with E-state index in [1.807, 2.05) is 25.1 Å².